The Morgan fingerprint density at radius 1 is 1.50 bits per heavy atom. The van der Waals surface area contributed by atoms with E-state index < -0.39 is 0 Å². The summed E-state index contributed by atoms with van der Waals surface area (Å²) in [4.78, 5) is 12.1. The van der Waals surface area contributed by atoms with Crippen LogP contribution in [-0.4, -0.2) is 34.0 Å². The Balaban J connectivity index is 1.75. The Labute approximate surface area is 121 Å². The summed E-state index contributed by atoms with van der Waals surface area (Å²) in [6.45, 7) is 3.57. The van der Waals surface area contributed by atoms with Crippen molar-refractivity contribution in [2.75, 3.05) is 18.4 Å². The van der Waals surface area contributed by atoms with Crippen LogP contribution in [0.5, 0.6) is 0 Å². The lowest BCUT2D eigenvalue weighted by Crippen LogP contribution is -2.43. The van der Waals surface area contributed by atoms with Gasteiger partial charge in [0.15, 0.2) is 5.69 Å². The predicted molar refractivity (Wildman–Crippen MR) is 76.1 cm³/mol. The SMILES string of the molecule is Cc1c(Cl)cccc1NC(=O)c1cn(C2CNC2)nn1. The molecule has 0 unspecified atom stereocenters. The molecule has 6 nitrogen and oxygen atoms in total. The molecule has 0 saturated carbocycles. The van der Waals surface area contributed by atoms with Gasteiger partial charge in [-0.1, -0.05) is 22.9 Å². The van der Waals surface area contributed by atoms with Gasteiger partial charge in [0.05, 0.1) is 12.2 Å². The van der Waals surface area contributed by atoms with E-state index in [0.29, 0.717) is 16.4 Å². The van der Waals surface area contributed by atoms with Crippen molar-refractivity contribution >= 4 is 23.2 Å². The van der Waals surface area contributed by atoms with Crippen LogP contribution in [-0.2, 0) is 0 Å². The zero-order valence-electron chi connectivity index (χ0n) is 10.9. The Morgan fingerprint density at radius 2 is 2.30 bits per heavy atom. The first-order valence-corrected chi connectivity index (χ1v) is 6.72. The van der Waals surface area contributed by atoms with E-state index in [4.69, 9.17) is 11.6 Å². The molecule has 20 heavy (non-hydrogen) atoms. The number of carbonyl (C=O) groups excluding carboxylic acids is 1. The molecule has 1 aliphatic rings. The molecule has 1 aliphatic heterocycles. The summed E-state index contributed by atoms with van der Waals surface area (Å²) in [6, 6.07) is 5.67. The van der Waals surface area contributed by atoms with Crippen LogP contribution in [0.1, 0.15) is 22.1 Å². The van der Waals surface area contributed by atoms with Crippen molar-refractivity contribution in [2.24, 2.45) is 0 Å². The molecular weight excluding hydrogens is 278 g/mol. The van der Waals surface area contributed by atoms with Crippen LogP contribution in [0.25, 0.3) is 0 Å². The minimum Gasteiger partial charge on any atom is -0.320 e. The summed E-state index contributed by atoms with van der Waals surface area (Å²) in [7, 11) is 0. The molecule has 2 heterocycles. The molecular formula is C13H14ClN5O. The van der Waals surface area contributed by atoms with Gasteiger partial charge in [0.1, 0.15) is 0 Å². The highest BCUT2D eigenvalue weighted by atomic mass is 35.5. The number of amides is 1. The second kappa shape index (κ2) is 5.22. The molecule has 104 valence electrons. The number of nitrogens with one attached hydrogen (secondary N) is 2. The third-order valence-corrected chi connectivity index (χ3v) is 3.80. The maximum Gasteiger partial charge on any atom is 0.277 e. The smallest absolute Gasteiger partial charge is 0.277 e. The normalized spacial score (nSPS) is 14.9. The molecule has 7 heteroatoms. The van der Waals surface area contributed by atoms with Gasteiger partial charge in [-0.25, -0.2) is 4.68 Å². The summed E-state index contributed by atoms with van der Waals surface area (Å²) < 4.78 is 1.72. The minimum absolute atomic E-state index is 0.283. The Bertz CT molecular complexity index is 650. The van der Waals surface area contributed by atoms with Gasteiger partial charge in [-0.2, -0.15) is 0 Å². The number of halogens is 1. The first-order valence-electron chi connectivity index (χ1n) is 6.34. The lowest BCUT2D eigenvalue weighted by Gasteiger charge is -2.26. The van der Waals surface area contributed by atoms with E-state index in [1.807, 2.05) is 6.92 Å². The molecule has 0 spiro atoms. The Hall–Kier alpha value is -1.92. The van der Waals surface area contributed by atoms with Crippen LogP contribution in [0, 0.1) is 6.92 Å². The van der Waals surface area contributed by atoms with E-state index in [2.05, 4.69) is 20.9 Å². The molecule has 0 atom stereocenters. The number of rotatable bonds is 3. The second-order valence-electron chi connectivity index (χ2n) is 4.76. The third kappa shape index (κ3) is 2.39. The lowest BCUT2D eigenvalue weighted by molar-refractivity contribution is 0.102. The second-order valence-corrected chi connectivity index (χ2v) is 5.17. The van der Waals surface area contributed by atoms with Crippen molar-refractivity contribution < 1.29 is 4.79 Å². The zero-order chi connectivity index (χ0) is 14.1. The number of benzene rings is 1. The highest BCUT2D eigenvalue weighted by Crippen LogP contribution is 2.23. The van der Waals surface area contributed by atoms with Gasteiger partial charge in [0.25, 0.3) is 5.91 Å². The lowest BCUT2D eigenvalue weighted by atomic mass is 10.2. The number of carbonyl (C=O) groups is 1. The standard InChI is InChI=1S/C13H14ClN5O/c1-8-10(14)3-2-4-11(8)16-13(20)12-7-19(18-17-12)9-5-15-6-9/h2-4,7,9,15H,5-6H2,1H3,(H,16,20). The van der Waals surface area contributed by atoms with E-state index in [9.17, 15) is 4.79 Å². The summed E-state index contributed by atoms with van der Waals surface area (Å²) >= 11 is 6.03. The quantitative estimate of drug-likeness (QED) is 0.902. The molecule has 1 saturated heterocycles. The fourth-order valence-electron chi connectivity index (χ4n) is 1.95. The van der Waals surface area contributed by atoms with Crippen molar-refractivity contribution in [2.45, 2.75) is 13.0 Å². The van der Waals surface area contributed by atoms with Gasteiger partial charge < -0.3 is 10.6 Å². The van der Waals surface area contributed by atoms with E-state index in [1.54, 1.807) is 29.1 Å². The van der Waals surface area contributed by atoms with Gasteiger partial charge in [-0.15, -0.1) is 5.10 Å². The molecule has 2 N–H and O–H groups in total. The Morgan fingerprint density at radius 3 is 3.00 bits per heavy atom. The van der Waals surface area contributed by atoms with Crippen LogP contribution < -0.4 is 10.6 Å². The fraction of sp³-hybridized carbons (Fsp3) is 0.308. The maximum atomic E-state index is 12.1. The van der Waals surface area contributed by atoms with Gasteiger partial charge in [0.2, 0.25) is 0 Å². The average Bonchev–Trinajstić information content (AvgIpc) is 2.82. The number of hydrogen-bond acceptors (Lipinski definition) is 4. The van der Waals surface area contributed by atoms with Crippen LogP contribution in [0.2, 0.25) is 5.02 Å². The molecule has 1 fully saturated rings. The molecule has 2 aromatic rings. The highest BCUT2D eigenvalue weighted by Gasteiger charge is 2.21. The van der Waals surface area contributed by atoms with Crippen molar-refractivity contribution in [3.63, 3.8) is 0 Å². The first-order chi connectivity index (χ1) is 9.65. The van der Waals surface area contributed by atoms with Crippen molar-refractivity contribution in [1.82, 2.24) is 20.3 Å². The number of hydrogen-bond donors (Lipinski definition) is 2. The molecule has 1 amide bonds. The molecule has 1 aromatic heterocycles. The topological polar surface area (TPSA) is 71.8 Å². The summed E-state index contributed by atoms with van der Waals surface area (Å²) in [5.74, 6) is -0.283. The average molecular weight is 292 g/mol. The molecule has 3 rings (SSSR count). The van der Waals surface area contributed by atoms with Crippen molar-refractivity contribution in [3.05, 3.63) is 40.7 Å². The predicted octanol–water partition coefficient (Wildman–Crippen LogP) is 1.64. The van der Waals surface area contributed by atoms with Crippen molar-refractivity contribution in [1.29, 1.82) is 0 Å². The molecule has 0 aliphatic carbocycles. The number of nitrogens with zero attached hydrogens (tertiary/aromatic N) is 3. The maximum absolute atomic E-state index is 12.1. The van der Waals surface area contributed by atoms with Crippen LogP contribution in [0.3, 0.4) is 0 Å². The summed E-state index contributed by atoms with van der Waals surface area (Å²) in [5, 5.41) is 14.5. The Kier molecular flexibility index (Phi) is 3.42. The van der Waals surface area contributed by atoms with E-state index in [-0.39, 0.29) is 11.9 Å². The van der Waals surface area contributed by atoms with Gasteiger partial charge >= 0.3 is 0 Å². The summed E-state index contributed by atoms with van der Waals surface area (Å²) in [6.07, 6.45) is 1.67. The van der Waals surface area contributed by atoms with E-state index in [0.717, 1.165) is 18.7 Å². The van der Waals surface area contributed by atoms with Crippen molar-refractivity contribution in [3.8, 4) is 0 Å². The highest BCUT2D eigenvalue weighted by molar-refractivity contribution is 6.31. The van der Waals surface area contributed by atoms with Gasteiger partial charge in [-0.3, -0.25) is 4.79 Å². The van der Waals surface area contributed by atoms with E-state index in [1.165, 1.54) is 0 Å². The zero-order valence-corrected chi connectivity index (χ0v) is 11.7. The molecule has 0 radical (unpaired) electrons. The minimum atomic E-state index is -0.283. The molecule has 0 bridgehead atoms. The first kappa shape index (κ1) is 13.1. The van der Waals surface area contributed by atoms with E-state index >= 15 is 0 Å². The van der Waals surface area contributed by atoms with Gasteiger partial charge in [-0.05, 0) is 24.6 Å². The van der Waals surface area contributed by atoms with Crippen LogP contribution in [0.4, 0.5) is 5.69 Å². The number of anilines is 1. The monoisotopic (exact) mass is 291 g/mol. The van der Waals surface area contributed by atoms with Crippen LogP contribution in [0.15, 0.2) is 24.4 Å². The fourth-order valence-corrected chi connectivity index (χ4v) is 2.12. The third-order valence-electron chi connectivity index (χ3n) is 3.39. The van der Waals surface area contributed by atoms with Gasteiger partial charge in [0, 0.05) is 23.8 Å². The largest absolute Gasteiger partial charge is 0.320 e. The summed E-state index contributed by atoms with van der Waals surface area (Å²) in [5.41, 5.74) is 1.82. The van der Waals surface area contributed by atoms with Crippen LogP contribution >= 0.6 is 11.6 Å². The molecule has 1 aromatic carbocycles. The number of aromatic nitrogens is 3.